The summed E-state index contributed by atoms with van der Waals surface area (Å²) >= 11 is 3.37. The second-order valence-corrected chi connectivity index (χ2v) is 8.77. The van der Waals surface area contributed by atoms with Crippen LogP contribution in [0.15, 0.2) is 47.6 Å². The lowest BCUT2D eigenvalue weighted by atomic mass is 10.0. The number of ether oxygens (including phenoxy) is 1. The van der Waals surface area contributed by atoms with Gasteiger partial charge in [0.05, 0.1) is 22.7 Å². The van der Waals surface area contributed by atoms with Crippen molar-refractivity contribution in [2.24, 2.45) is 0 Å². The molecule has 0 bridgehead atoms. The zero-order chi connectivity index (χ0) is 22.3. The van der Waals surface area contributed by atoms with E-state index < -0.39 is 18.0 Å². The lowest BCUT2D eigenvalue weighted by Gasteiger charge is -2.33. The molecule has 1 unspecified atom stereocenters. The molecule has 0 saturated carbocycles. The monoisotopic (exact) mass is 548 g/mol. The van der Waals surface area contributed by atoms with Crippen molar-refractivity contribution in [1.29, 1.82) is 0 Å². The third-order valence-electron chi connectivity index (χ3n) is 4.74. The second-order valence-electron chi connectivity index (χ2n) is 6.75. The van der Waals surface area contributed by atoms with Crippen LogP contribution in [0.3, 0.4) is 0 Å². The number of thioether (sulfide) groups is 1. The maximum atomic E-state index is 13.0. The van der Waals surface area contributed by atoms with E-state index in [9.17, 15) is 14.7 Å². The van der Waals surface area contributed by atoms with Crippen LogP contribution < -0.4 is 19.4 Å². The molecule has 0 aliphatic carbocycles. The number of anilines is 1. The number of para-hydroxylation sites is 1. The van der Waals surface area contributed by atoms with Gasteiger partial charge in [0.1, 0.15) is 5.75 Å². The first-order valence-corrected chi connectivity index (χ1v) is 11.5. The van der Waals surface area contributed by atoms with Crippen LogP contribution >= 0.6 is 34.4 Å². The van der Waals surface area contributed by atoms with E-state index in [0.29, 0.717) is 22.6 Å². The van der Waals surface area contributed by atoms with Crippen LogP contribution in [0.2, 0.25) is 0 Å². The molecule has 0 fully saturated rings. The molecule has 158 valence electrons. The lowest BCUT2D eigenvalue weighted by molar-refractivity contribution is -0.764. The maximum Gasteiger partial charge on any atom is 0.308 e. The number of nitrogens with zero attached hydrogens (tertiary/aromatic N) is 4. The van der Waals surface area contributed by atoms with Gasteiger partial charge in [-0.2, -0.15) is 0 Å². The standard InChI is InChI=1S/C21H17IN4O4S/c1-11(27)25-16-7-5-4-6-14(16)18-19(29)23-21(31-3)24-26(18)20(25)15-10-13(22)8-9-17(15)30-12(2)28/h4-10,20H,1-3H3. The average molecular weight is 548 g/mol. The summed E-state index contributed by atoms with van der Waals surface area (Å²) in [7, 11) is 0. The number of rotatable bonds is 3. The van der Waals surface area contributed by atoms with Gasteiger partial charge < -0.3 is 9.84 Å². The van der Waals surface area contributed by atoms with Crippen LogP contribution in [-0.4, -0.2) is 28.2 Å². The summed E-state index contributed by atoms with van der Waals surface area (Å²) in [5, 5.41) is 17.9. The van der Waals surface area contributed by atoms with E-state index in [2.05, 4.69) is 32.7 Å². The number of esters is 1. The normalized spacial score (nSPS) is 14.6. The predicted molar refractivity (Wildman–Crippen MR) is 121 cm³/mol. The number of benzene rings is 2. The highest BCUT2D eigenvalue weighted by atomic mass is 127. The fourth-order valence-corrected chi connectivity index (χ4v) is 4.47. The molecular formula is C21H17IN4O4S. The Balaban J connectivity index is 2.09. The van der Waals surface area contributed by atoms with Crippen molar-refractivity contribution in [2.45, 2.75) is 25.2 Å². The Bertz CT molecular complexity index is 1220. The molecule has 0 radical (unpaired) electrons. The van der Waals surface area contributed by atoms with E-state index in [4.69, 9.17) is 4.74 Å². The summed E-state index contributed by atoms with van der Waals surface area (Å²) in [4.78, 5) is 30.3. The van der Waals surface area contributed by atoms with Crippen LogP contribution in [0.1, 0.15) is 25.6 Å². The SMILES string of the molecule is CSc1nc([O-])c2[n+](n1)C(c1cc(I)ccc1OC(C)=O)N(C(C)=O)c1ccccc1-2. The number of amides is 1. The van der Waals surface area contributed by atoms with Crippen molar-refractivity contribution >= 4 is 51.9 Å². The Hall–Kier alpha value is -2.73. The zero-order valence-corrected chi connectivity index (χ0v) is 19.8. The number of carbonyl (C=O) groups is 2. The van der Waals surface area contributed by atoms with Crippen molar-refractivity contribution < 1.29 is 24.1 Å². The van der Waals surface area contributed by atoms with Gasteiger partial charge in [0.25, 0.3) is 17.0 Å². The predicted octanol–water partition coefficient (Wildman–Crippen LogP) is 2.67. The molecular weight excluding hydrogens is 531 g/mol. The van der Waals surface area contributed by atoms with Crippen molar-refractivity contribution in [3.05, 3.63) is 51.6 Å². The third-order valence-corrected chi connectivity index (χ3v) is 5.95. The van der Waals surface area contributed by atoms with E-state index in [1.54, 1.807) is 47.6 Å². The molecule has 31 heavy (non-hydrogen) atoms. The van der Waals surface area contributed by atoms with Gasteiger partial charge in [-0.05, 0) is 59.2 Å². The van der Waals surface area contributed by atoms with Crippen molar-refractivity contribution in [2.75, 3.05) is 11.2 Å². The van der Waals surface area contributed by atoms with Gasteiger partial charge in [-0.3, -0.25) is 9.59 Å². The highest BCUT2D eigenvalue weighted by Gasteiger charge is 2.45. The first-order valence-electron chi connectivity index (χ1n) is 9.23. The number of carbonyl (C=O) groups excluding carboxylic acids is 2. The molecule has 0 N–H and O–H groups in total. The molecule has 10 heteroatoms. The number of fused-ring (bicyclic) bond motifs is 3. The van der Waals surface area contributed by atoms with Crippen LogP contribution in [0, 0.1) is 3.57 Å². The van der Waals surface area contributed by atoms with Gasteiger partial charge >= 0.3 is 5.97 Å². The molecule has 1 aliphatic heterocycles. The fourth-order valence-electron chi connectivity index (χ4n) is 3.61. The van der Waals surface area contributed by atoms with Crippen LogP contribution in [0.4, 0.5) is 5.69 Å². The quantitative estimate of drug-likeness (QED) is 0.163. The van der Waals surface area contributed by atoms with Gasteiger partial charge in [-0.15, -0.1) is 0 Å². The topological polar surface area (TPSA) is 99.3 Å². The summed E-state index contributed by atoms with van der Waals surface area (Å²) in [5.74, 6) is -0.895. The van der Waals surface area contributed by atoms with E-state index in [1.807, 2.05) is 6.07 Å². The third kappa shape index (κ3) is 3.85. The Labute approximate surface area is 196 Å². The largest absolute Gasteiger partial charge is 0.854 e. The summed E-state index contributed by atoms with van der Waals surface area (Å²) in [6, 6.07) is 12.4. The number of aromatic nitrogens is 3. The molecule has 0 saturated heterocycles. The van der Waals surface area contributed by atoms with Crippen LogP contribution in [0.5, 0.6) is 11.6 Å². The Morgan fingerprint density at radius 1 is 1.23 bits per heavy atom. The van der Waals surface area contributed by atoms with Gasteiger partial charge in [0, 0.05) is 22.5 Å². The molecule has 3 aromatic rings. The molecule has 2 aromatic carbocycles. The zero-order valence-electron chi connectivity index (χ0n) is 16.8. The number of hydrogen-bond acceptors (Lipinski definition) is 7. The lowest BCUT2D eigenvalue weighted by Crippen LogP contribution is -2.58. The summed E-state index contributed by atoms with van der Waals surface area (Å²) in [6.07, 6.45) is 0.930. The minimum Gasteiger partial charge on any atom is -0.854 e. The number of halogens is 1. The minimum atomic E-state index is -0.840. The minimum absolute atomic E-state index is 0.250. The van der Waals surface area contributed by atoms with Gasteiger partial charge in [0.2, 0.25) is 5.91 Å². The summed E-state index contributed by atoms with van der Waals surface area (Å²) < 4.78 is 7.82. The maximum absolute atomic E-state index is 13.0. The Morgan fingerprint density at radius 2 is 1.97 bits per heavy atom. The second kappa shape index (κ2) is 8.42. The van der Waals surface area contributed by atoms with E-state index in [0.717, 1.165) is 3.57 Å². The molecule has 8 nitrogen and oxygen atoms in total. The van der Waals surface area contributed by atoms with Crippen LogP contribution in [-0.2, 0) is 9.59 Å². The highest BCUT2D eigenvalue weighted by molar-refractivity contribution is 14.1. The highest BCUT2D eigenvalue weighted by Crippen LogP contribution is 2.42. The van der Waals surface area contributed by atoms with E-state index in [-0.39, 0.29) is 16.8 Å². The summed E-state index contributed by atoms with van der Waals surface area (Å²) in [6.45, 7) is 2.76. The first-order chi connectivity index (χ1) is 14.8. The Morgan fingerprint density at radius 3 is 2.65 bits per heavy atom. The van der Waals surface area contributed by atoms with Gasteiger partial charge in [-0.1, -0.05) is 28.6 Å². The molecule has 1 amide bonds. The first kappa shape index (κ1) is 21.5. The molecule has 1 aromatic heterocycles. The smallest absolute Gasteiger partial charge is 0.308 e. The molecule has 0 spiro atoms. The van der Waals surface area contributed by atoms with Crippen molar-refractivity contribution in [1.82, 2.24) is 10.1 Å². The van der Waals surface area contributed by atoms with E-state index >= 15 is 0 Å². The molecule has 2 heterocycles. The fraction of sp³-hybridized carbons (Fsp3) is 0.190. The molecule has 4 rings (SSSR count). The number of hydrogen-bond donors (Lipinski definition) is 0. The molecule has 1 aliphatic rings. The van der Waals surface area contributed by atoms with E-state index in [1.165, 1.54) is 30.3 Å². The molecule has 1 atom stereocenters. The summed E-state index contributed by atoms with van der Waals surface area (Å²) in [5.41, 5.74) is 1.92. The Kier molecular flexibility index (Phi) is 5.84. The van der Waals surface area contributed by atoms with Crippen molar-refractivity contribution in [3.63, 3.8) is 0 Å². The van der Waals surface area contributed by atoms with Gasteiger partial charge in [0.15, 0.2) is 0 Å². The van der Waals surface area contributed by atoms with Crippen molar-refractivity contribution in [3.8, 4) is 22.9 Å². The van der Waals surface area contributed by atoms with Gasteiger partial charge in [-0.25, -0.2) is 9.88 Å². The average Bonchev–Trinajstić information content (AvgIpc) is 2.73. The van der Waals surface area contributed by atoms with Crippen LogP contribution in [0.25, 0.3) is 11.3 Å².